The molecule has 0 aromatic carbocycles. The van der Waals surface area contributed by atoms with Crippen molar-refractivity contribution in [3.8, 4) is 0 Å². The van der Waals surface area contributed by atoms with E-state index in [-0.39, 0.29) is 58.6 Å². The molecule has 6 nitrogen and oxygen atoms in total. The van der Waals surface area contributed by atoms with Crippen molar-refractivity contribution >= 4 is 14.6 Å². The van der Waals surface area contributed by atoms with Gasteiger partial charge in [0.05, 0.1) is 41.7 Å². The van der Waals surface area contributed by atoms with Gasteiger partial charge in [-0.25, -0.2) is 0 Å². The standard InChI is InChI=1S/C29H54O6Si/c1-19(18-30)25-20(2)23(32-27(7,8)34-25)17-22-13-15-29(10,31-22)24-14-16-28(9,33-24)21(3)35-36(11,12)26(4,5)6/h18-25H,13-17H2,1-12H3/t19-,20+,21-,22+,23+,24-,25-,28+,29+/m1/s1. The predicted molar refractivity (Wildman–Crippen MR) is 146 cm³/mol. The number of carbonyl (C=O) groups excluding carboxylic acids is 1. The molecular weight excluding hydrogens is 472 g/mol. The van der Waals surface area contributed by atoms with Crippen LogP contribution in [0.2, 0.25) is 18.1 Å². The summed E-state index contributed by atoms with van der Waals surface area (Å²) in [7, 11) is -1.88. The molecule has 0 bridgehead atoms. The molecule has 0 aliphatic carbocycles. The van der Waals surface area contributed by atoms with Gasteiger partial charge >= 0.3 is 0 Å². The van der Waals surface area contributed by atoms with E-state index in [1.165, 1.54) is 0 Å². The van der Waals surface area contributed by atoms with Gasteiger partial charge in [0.15, 0.2) is 14.1 Å². The van der Waals surface area contributed by atoms with Crippen molar-refractivity contribution in [2.75, 3.05) is 0 Å². The SMILES string of the molecule is C[C@@H]1[C@@H]([C@H](C)C=O)OC(C)(C)O[C@H]1C[C@@H]1CC[C@@](C)([C@H]2CC[C@@](C)([C@@H](C)O[Si](C)(C)C(C)(C)C)O2)O1. The van der Waals surface area contributed by atoms with E-state index in [9.17, 15) is 4.79 Å². The molecule has 9 atom stereocenters. The van der Waals surface area contributed by atoms with Crippen LogP contribution in [0.3, 0.4) is 0 Å². The maximum absolute atomic E-state index is 11.5. The number of aldehydes is 1. The third-order valence-electron chi connectivity index (χ3n) is 9.72. The lowest BCUT2D eigenvalue weighted by atomic mass is 9.85. The minimum atomic E-state index is -1.88. The molecule has 0 N–H and O–H groups in total. The van der Waals surface area contributed by atoms with Gasteiger partial charge in [-0.2, -0.15) is 0 Å². The van der Waals surface area contributed by atoms with E-state index < -0.39 is 14.1 Å². The fourth-order valence-corrected chi connectivity index (χ4v) is 7.50. The molecule has 3 fully saturated rings. The topological polar surface area (TPSA) is 63.2 Å². The Bertz CT molecular complexity index is 778. The number of hydrogen-bond acceptors (Lipinski definition) is 6. The molecule has 0 aromatic heterocycles. The highest BCUT2D eigenvalue weighted by atomic mass is 28.4. The molecule has 0 saturated carbocycles. The fraction of sp³-hybridized carbons (Fsp3) is 0.966. The van der Waals surface area contributed by atoms with Crippen LogP contribution in [0.4, 0.5) is 0 Å². The second-order valence-corrected chi connectivity index (χ2v) is 19.1. The van der Waals surface area contributed by atoms with Crippen LogP contribution in [0.25, 0.3) is 0 Å². The van der Waals surface area contributed by atoms with Crippen LogP contribution in [-0.4, -0.2) is 62.1 Å². The number of hydrogen-bond donors (Lipinski definition) is 0. The molecule has 3 aliphatic heterocycles. The summed E-state index contributed by atoms with van der Waals surface area (Å²) in [5, 5.41) is 0.170. The quantitative estimate of drug-likeness (QED) is 0.260. The van der Waals surface area contributed by atoms with Crippen molar-refractivity contribution in [3.05, 3.63) is 0 Å². The highest BCUT2D eigenvalue weighted by molar-refractivity contribution is 6.74. The normalized spacial score (nSPS) is 41.3. The first-order valence-electron chi connectivity index (χ1n) is 14.2. The largest absolute Gasteiger partial charge is 0.411 e. The summed E-state index contributed by atoms with van der Waals surface area (Å²) in [5.41, 5.74) is -0.607. The van der Waals surface area contributed by atoms with Crippen LogP contribution in [0.5, 0.6) is 0 Å². The van der Waals surface area contributed by atoms with Crippen LogP contribution < -0.4 is 0 Å². The van der Waals surface area contributed by atoms with Gasteiger partial charge in [0, 0.05) is 18.3 Å². The van der Waals surface area contributed by atoms with E-state index in [0.717, 1.165) is 38.4 Å². The summed E-state index contributed by atoms with van der Waals surface area (Å²) >= 11 is 0. The van der Waals surface area contributed by atoms with Crippen LogP contribution >= 0.6 is 0 Å². The average molecular weight is 527 g/mol. The van der Waals surface area contributed by atoms with E-state index in [4.69, 9.17) is 23.4 Å². The third-order valence-corrected chi connectivity index (χ3v) is 14.3. The predicted octanol–water partition coefficient (Wildman–Crippen LogP) is 6.65. The summed E-state index contributed by atoms with van der Waals surface area (Å²) in [6, 6.07) is 0. The highest BCUT2D eigenvalue weighted by Crippen LogP contribution is 2.47. The van der Waals surface area contributed by atoms with E-state index in [2.05, 4.69) is 61.6 Å². The molecule has 3 rings (SSSR count). The molecule has 0 unspecified atom stereocenters. The Labute approximate surface area is 221 Å². The second-order valence-electron chi connectivity index (χ2n) is 14.3. The van der Waals surface area contributed by atoms with Gasteiger partial charge in [-0.1, -0.05) is 34.6 Å². The zero-order valence-electron chi connectivity index (χ0n) is 25.1. The minimum absolute atomic E-state index is 0.0127. The molecule has 36 heavy (non-hydrogen) atoms. The number of ether oxygens (including phenoxy) is 4. The van der Waals surface area contributed by atoms with Crippen molar-refractivity contribution in [2.45, 2.75) is 167 Å². The highest BCUT2D eigenvalue weighted by Gasteiger charge is 2.53. The summed E-state index contributed by atoms with van der Waals surface area (Å²) < 4.78 is 32.8. The van der Waals surface area contributed by atoms with Crippen molar-refractivity contribution in [2.24, 2.45) is 11.8 Å². The van der Waals surface area contributed by atoms with Gasteiger partial charge in [0.2, 0.25) is 0 Å². The fourth-order valence-electron chi connectivity index (χ4n) is 6.01. The molecule has 0 aromatic rings. The summed E-state index contributed by atoms with van der Waals surface area (Å²) in [5.74, 6) is -0.758. The lowest BCUT2D eigenvalue weighted by Crippen LogP contribution is -2.53. The Morgan fingerprint density at radius 1 is 1.00 bits per heavy atom. The Kier molecular flexibility index (Phi) is 8.69. The molecule has 0 amide bonds. The smallest absolute Gasteiger partial charge is 0.192 e. The lowest BCUT2D eigenvalue weighted by Gasteiger charge is -2.47. The maximum Gasteiger partial charge on any atom is 0.192 e. The monoisotopic (exact) mass is 526 g/mol. The van der Waals surface area contributed by atoms with Gasteiger partial charge in [-0.05, 0) is 78.4 Å². The summed E-state index contributed by atoms with van der Waals surface area (Å²) in [4.78, 5) is 11.5. The van der Waals surface area contributed by atoms with Gasteiger partial charge in [-0.3, -0.25) is 0 Å². The molecule has 210 valence electrons. The number of carbonyl (C=O) groups is 1. The first kappa shape index (κ1) is 30.2. The molecular formula is C29H54O6Si. The van der Waals surface area contributed by atoms with Crippen molar-refractivity contribution in [3.63, 3.8) is 0 Å². The second kappa shape index (κ2) is 10.3. The lowest BCUT2D eigenvalue weighted by molar-refractivity contribution is -0.327. The Morgan fingerprint density at radius 3 is 2.22 bits per heavy atom. The van der Waals surface area contributed by atoms with E-state index >= 15 is 0 Å². The Hall–Kier alpha value is -0.313. The summed E-state index contributed by atoms with van der Waals surface area (Å²) in [6.45, 7) is 26.0. The molecule has 3 aliphatic rings. The summed E-state index contributed by atoms with van der Waals surface area (Å²) in [6.07, 6.45) is 5.79. The molecule has 3 heterocycles. The molecule has 3 saturated heterocycles. The molecule has 7 heteroatoms. The Balaban J connectivity index is 1.62. The van der Waals surface area contributed by atoms with Gasteiger partial charge in [0.25, 0.3) is 0 Å². The van der Waals surface area contributed by atoms with Crippen molar-refractivity contribution in [1.82, 2.24) is 0 Å². The van der Waals surface area contributed by atoms with Crippen LogP contribution in [-0.2, 0) is 28.2 Å². The maximum atomic E-state index is 11.5. The molecule has 0 spiro atoms. The van der Waals surface area contributed by atoms with Crippen molar-refractivity contribution < 1.29 is 28.2 Å². The minimum Gasteiger partial charge on any atom is -0.411 e. The van der Waals surface area contributed by atoms with E-state index in [0.29, 0.717) is 0 Å². The van der Waals surface area contributed by atoms with Crippen molar-refractivity contribution in [1.29, 1.82) is 0 Å². The van der Waals surface area contributed by atoms with Gasteiger partial charge < -0.3 is 28.2 Å². The zero-order valence-corrected chi connectivity index (χ0v) is 26.1. The van der Waals surface area contributed by atoms with E-state index in [1.54, 1.807) is 0 Å². The average Bonchev–Trinajstić information content (AvgIpc) is 3.33. The third kappa shape index (κ3) is 6.28. The zero-order chi connectivity index (χ0) is 27.3. The van der Waals surface area contributed by atoms with Crippen LogP contribution in [0.15, 0.2) is 0 Å². The van der Waals surface area contributed by atoms with Gasteiger partial charge in [-0.15, -0.1) is 0 Å². The van der Waals surface area contributed by atoms with E-state index in [1.807, 2.05) is 20.8 Å². The van der Waals surface area contributed by atoms with Crippen LogP contribution in [0.1, 0.15) is 101 Å². The Morgan fingerprint density at radius 2 is 1.64 bits per heavy atom. The van der Waals surface area contributed by atoms with Gasteiger partial charge in [0.1, 0.15) is 6.29 Å². The van der Waals surface area contributed by atoms with Crippen LogP contribution in [0, 0.1) is 11.8 Å². The molecule has 0 radical (unpaired) electrons. The first-order chi connectivity index (χ1) is 16.3. The number of rotatable bonds is 8. The first-order valence-corrected chi connectivity index (χ1v) is 17.1.